The van der Waals surface area contributed by atoms with Crippen LogP contribution in [0.1, 0.15) is 61.6 Å². The molecular formula is C32H33NO6. The summed E-state index contributed by atoms with van der Waals surface area (Å²) in [6.07, 6.45) is 0. The van der Waals surface area contributed by atoms with Gasteiger partial charge in [-0.05, 0) is 77.9 Å². The molecule has 3 aromatic rings. The number of esters is 1. The minimum absolute atomic E-state index is 0.0521. The maximum Gasteiger partial charge on any atom is 0.308 e. The van der Waals surface area contributed by atoms with E-state index in [2.05, 4.69) is 0 Å². The molecule has 7 heteroatoms. The third-order valence-electron chi connectivity index (χ3n) is 6.71. The Morgan fingerprint density at radius 3 is 2.08 bits per heavy atom. The predicted octanol–water partition coefficient (Wildman–Crippen LogP) is 6.16. The summed E-state index contributed by atoms with van der Waals surface area (Å²) >= 11 is 0. The van der Waals surface area contributed by atoms with Gasteiger partial charge in [-0.1, -0.05) is 45.0 Å². The number of amides is 1. The summed E-state index contributed by atoms with van der Waals surface area (Å²) in [6.45, 7) is 11.3. The maximum atomic E-state index is 13.6. The second-order valence-electron chi connectivity index (χ2n) is 10.8. The second kappa shape index (κ2) is 10.4. The van der Waals surface area contributed by atoms with Gasteiger partial charge in [0.25, 0.3) is 11.7 Å². The second-order valence-corrected chi connectivity index (χ2v) is 10.8. The number of ketones is 1. The first-order valence-corrected chi connectivity index (χ1v) is 12.7. The lowest BCUT2D eigenvalue weighted by molar-refractivity contribution is -0.132. The van der Waals surface area contributed by atoms with Crippen molar-refractivity contribution >= 4 is 29.1 Å². The number of carbonyl (C=O) groups excluding carboxylic acids is 3. The van der Waals surface area contributed by atoms with Crippen LogP contribution in [0, 0.1) is 13.8 Å². The lowest BCUT2D eigenvalue weighted by Gasteiger charge is -2.26. The summed E-state index contributed by atoms with van der Waals surface area (Å²) < 4.78 is 10.7. The number of Topliss-reactive ketones (excluding diaryl/α,β-unsaturated/α-hetero) is 1. The Kier molecular flexibility index (Phi) is 7.37. The van der Waals surface area contributed by atoms with Gasteiger partial charge >= 0.3 is 5.97 Å². The Labute approximate surface area is 228 Å². The fourth-order valence-corrected chi connectivity index (χ4v) is 4.89. The van der Waals surface area contributed by atoms with E-state index in [1.807, 2.05) is 58.9 Å². The third-order valence-corrected chi connectivity index (χ3v) is 6.71. The molecule has 7 nitrogen and oxygen atoms in total. The zero-order chi connectivity index (χ0) is 28.6. The fraction of sp³-hybridized carbons (Fsp3) is 0.281. The van der Waals surface area contributed by atoms with Crippen LogP contribution in [0.5, 0.6) is 11.5 Å². The van der Waals surface area contributed by atoms with E-state index in [0.717, 1.165) is 16.7 Å². The van der Waals surface area contributed by atoms with Gasteiger partial charge in [-0.15, -0.1) is 0 Å². The van der Waals surface area contributed by atoms with E-state index >= 15 is 0 Å². The predicted molar refractivity (Wildman–Crippen MR) is 150 cm³/mol. The van der Waals surface area contributed by atoms with Gasteiger partial charge in [-0.2, -0.15) is 0 Å². The highest BCUT2D eigenvalue weighted by Gasteiger charge is 2.47. The minimum Gasteiger partial charge on any atom is -0.507 e. The highest BCUT2D eigenvalue weighted by atomic mass is 16.5. The number of benzene rings is 3. The largest absolute Gasteiger partial charge is 0.507 e. The number of ether oxygens (including phenoxy) is 2. The van der Waals surface area contributed by atoms with Crippen molar-refractivity contribution < 1.29 is 29.0 Å². The van der Waals surface area contributed by atoms with E-state index in [4.69, 9.17) is 9.47 Å². The maximum absolute atomic E-state index is 13.6. The van der Waals surface area contributed by atoms with Gasteiger partial charge < -0.3 is 14.6 Å². The Morgan fingerprint density at radius 1 is 0.923 bits per heavy atom. The first-order valence-electron chi connectivity index (χ1n) is 12.7. The van der Waals surface area contributed by atoms with E-state index in [1.54, 1.807) is 36.4 Å². The summed E-state index contributed by atoms with van der Waals surface area (Å²) in [5.41, 5.74) is 3.92. The topological polar surface area (TPSA) is 93.1 Å². The smallest absolute Gasteiger partial charge is 0.308 e. The van der Waals surface area contributed by atoms with Crippen molar-refractivity contribution in [3.05, 3.63) is 94.1 Å². The van der Waals surface area contributed by atoms with Crippen LogP contribution < -0.4 is 14.4 Å². The molecule has 0 bridgehead atoms. The number of aryl methyl sites for hydroxylation is 2. The average molecular weight is 528 g/mol. The highest BCUT2D eigenvalue weighted by Crippen LogP contribution is 2.44. The lowest BCUT2D eigenvalue weighted by Crippen LogP contribution is -2.29. The van der Waals surface area contributed by atoms with Gasteiger partial charge in [0.15, 0.2) is 0 Å². The minimum atomic E-state index is -0.930. The van der Waals surface area contributed by atoms with Gasteiger partial charge in [0, 0.05) is 12.6 Å². The van der Waals surface area contributed by atoms with Crippen molar-refractivity contribution in [1.29, 1.82) is 0 Å². The van der Waals surface area contributed by atoms with Crippen LogP contribution >= 0.6 is 0 Å². The Balaban J connectivity index is 1.99. The molecule has 1 unspecified atom stereocenters. The molecule has 1 aliphatic heterocycles. The van der Waals surface area contributed by atoms with Crippen molar-refractivity contribution in [2.24, 2.45) is 0 Å². The SMILES string of the molecule is COc1ccc(C(C)(C)C)cc1/C(O)=C1\C(=O)C(=O)N(c2cc(C)cc(C)c2)C1c1ccc(OC(C)=O)cc1. The molecule has 1 heterocycles. The molecule has 0 aliphatic carbocycles. The number of carbonyl (C=O) groups is 3. The fourth-order valence-electron chi connectivity index (χ4n) is 4.89. The van der Waals surface area contributed by atoms with Crippen LogP contribution in [0.15, 0.2) is 66.2 Å². The van der Waals surface area contributed by atoms with E-state index in [0.29, 0.717) is 28.3 Å². The first kappa shape index (κ1) is 27.6. The molecule has 1 amide bonds. The third kappa shape index (κ3) is 5.43. The van der Waals surface area contributed by atoms with Crippen LogP contribution in [0.3, 0.4) is 0 Å². The van der Waals surface area contributed by atoms with Gasteiger partial charge in [0.2, 0.25) is 0 Å². The van der Waals surface area contributed by atoms with Crippen LogP contribution in [-0.4, -0.2) is 29.9 Å². The number of hydrogen-bond acceptors (Lipinski definition) is 6. The van der Waals surface area contributed by atoms with Gasteiger partial charge in [-0.25, -0.2) is 0 Å². The van der Waals surface area contributed by atoms with E-state index < -0.39 is 23.7 Å². The molecule has 0 spiro atoms. The number of aliphatic hydroxyl groups excluding tert-OH is 1. The van der Waals surface area contributed by atoms with E-state index in [1.165, 1.54) is 18.9 Å². The quantitative estimate of drug-likeness (QED) is 0.140. The van der Waals surface area contributed by atoms with E-state index in [-0.39, 0.29) is 16.7 Å². The number of hydrogen-bond donors (Lipinski definition) is 1. The first-order chi connectivity index (χ1) is 18.3. The molecule has 1 fully saturated rings. The molecule has 1 aliphatic rings. The molecule has 4 rings (SSSR count). The lowest BCUT2D eigenvalue weighted by atomic mass is 9.85. The van der Waals surface area contributed by atoms with Crippen molar-refractivity contribution in [1.82, 2.24) is 0 Å². The van der Waals surface area contributed by atoms with E-state index in [9.17, 15) is 19.5 Å². The highest BCUT2D eigenvalue weighted by molar-refractivity contribution is 6.51. The van der Waals surface area contributed by atoms with Crippen molar-refractivity contribution in [2.45, 2.75) is 53.0 Å². The zero-order valence-corrected chi connectivity index (χ0v) is 23.3. The average Bonchev–Trinajstić information content (AvgIpc) is 3.12. The van der Waals surface area contributed by atoms with Gasteiger partial charge in [-0.3, -0.25) is 19.3 Å². The van der Waals surface area contributed by atoms with Crippen molar-refractivity contribution in [3.8, 4) is 11.5 Å². The number of rotatable bonds is 5. The summed E-state index contributed by atoms with van der Waals surface area (Å²) in [7, 11) is 1.49. The number of anilines is 1. The Hall–Kier alpha value is -4.39. The standard InChI is InChI=1S/C32H33NO6/c1-18-14-19(2)16-23(15-18)33-28(21-8-11-24(12-9-21)39-20(3)34)27(30(36)31(33)37)29(35)25-17-22(32(4,5)6)10-13-26(25)38-7/h8-17,28,35H,1-7H3/b29-27+. The number of aliphatic hydroxyl groups is 1. The molecule has 202 valence electrons. The normalized spacial score (nSPS) is 16.9. The molecule has 1 atom stereocenters. The summed E-state index contributed by atoms with van der Waals surface area (Å²) in [4.78, 5) is 40.1. The number of methoxy groups -OCH3 is 1. The summed E-state index contributed by atoms with van der Waals surface area (Å²) in [5, 5.41) is 11.7. The molecular weight excluding hydrogens is 494 g/mol. The molecule has 3 aromatic carbocycles. The monoisotopic (exact) mass is 527 g/mol. The van der Waals surface area contributed by atoms with Crippen molar-refractivity contribution in [3.63, 3.8) is 0 Å². The molecule has 1 N–H and O–H groups in total. The molecule has 1 saturated heterocycles. The number of nitrogens with zero attached hydrogens (tertiary/aromatic N) is 1. The molecule has 0 radical (unpaired) electrons. The van der Waals surface area contributed by atoms with Crippen LogP contribution in [0.4, 0.5) is 5.69 Å². The Bertz CT molecular complexity index is 1470. The molecule has 0 saturated carbocycles. The molecule has 0 aromatic heterocycles. The van der Waals surface area contributed by atoms with Crippen LogP contribution in [0.25, 0.3) is 5.76 Å². The Morgan fingerprint density at radius 2 is 1.54 bits per heavy atom. The zero-order valence-electron chi connectivity index (χ0n) is 23.3. The van der Waals surface area contributed by atoms with Gasteiger partial charge in [0.1, 0.15) is 17.3 Å². The van der Waals surface area contributed by atoms with Gasteiger partial charge in [0.05, 0.1) is 24.3 Å². The summed E-state index contributed by atoms with van der Waals surface area (Å²) in [6, 6.07) is 16.7. The molecule has 39 heavy (non-hydrogen) atoms. The van der Waals surface area contributed by atoms with Crippen LogP contribution in [0.2, 0.25) is 0 Å². The van der Waals surface area contributed by atoms with Crippen molar-refractivity contribution in [2.75, 3.05) is 12.0 Å². The summed E-state index contributed by atoms with van der Waals surface area (Å²) in [5.74, 6) is -1.63. The van der Waals surface area contributed by atoms with Crippen LogP contribution in [-0.2, 0) is 19.8 Å².